The quantitative estimate of drug-likeness (QED) is 0.0815. The highest BCUT2D eigenvalue weighted by Gasteiger charge is 2.17. The Morgan fingerprint density at radius 1 is 0.857 bits per heavy atom. The third-order valence-electron chi connectivity index (χ3n) is 8.16. The molecule has 0 saturated carbocycles. The molecule has 0 spiro atoms. The van der Waals surface area contributed by atoms with E-state index in [1.807, 2.05) is 93.5 Å². The van der Waals surface area contributed by atoms with E-state index in [-0.39, 0.29) is 0 Å². The van der Waals surface area contributed by atoms with Crippen molar-refractivity contribution in [2.24, 2.45) is 5.92 Å². The number of nitrogens with zero attached hydrogens (tertiary/aromatic N) is 4. The summed E-state index contributed by atoms with van der Waals surface area (Å²) in [6.07, 6.45) is 29.7. The zero-order valence-corrected chi connectivity index (χ0v) is 41.0. The van der Waals surface area contributed by atoms with Crippen LogP contribution in [0.3, 0.4) is 0 Å². The summed E-state index contributed by atoms with van der Waals surface area (Å²) in [5.41, 5.74) is 3.74. The minimum absolute atomic E-state index is 0.858. The number of aryl methyl sites for hydroxylation is 1. The SMILES string of the molecule is C=C/C=C(/C)CN(CC)CCC.C=C/C=C\CN1CCN(CCCCCCC(=C)/C=C\C)C1.CC.CC.CC.CC.CC.CCCC(C)CCCc1ccon1. The molecule has 0 radical (unpaired) electrons. The largest absolute Gasteiger partial charge is 0.365 e. The van der Waals surface area contributed by atoms with E-state index < -0.39 is 0 Å². The Labute approximate surface area is 354 Å². The molecule has 2 heterocycles. The number of allylic oxidation sites excluding steroid dienone is 7. The first kappa shape index (κ1) is 65.4. The number of unbranched alkanes of at least 4 members (excludes halogenated alkanes) is 3. The van der Waals surface area contributed by atoms with Crippen LogP contribution in [0.5, 0.6) is 0 Å². The molecular weight excluding hydrogens is 685 g/mol. The maximum Gasteiger partial charge on any atom is 0.124 e. The molecule has 0 bridgehead atoms. The van der Waals surface area contributed by atoms with E-state index in [1.54, 1.807) is 6.26 Å². The third-order valence-corrected chi connectivity index (χ3v) is 8.16. The summed E-state index contributed by atoms with van der Waals surface area (Å²) in [4.78, 5) is 7.50. The van der Waals surface area contributed by atoms with Gasteiger partial charge in [0.2, 0.25) is 0 Å². The molecule has 0 aliphatic carbocycles. The van der Waals surface area contributed by atoms with Gasteiger partial charge in [-0.3, -0.25) is 14.7 Å². The average molecular weight is 787 g/mol. The Hall–Kier alpha value is -2.47. The first-order valence-electron chi connectivity index (χ1n) is 23.3. The monoisotopic (exact) mass is 787 g/mol. The summed E-state index contributed by atoms with van der Waals surface area (Å²) in [6.45, 7) is 53.9. The Morgan fingerprint density at radius 3 is 2.00 bits per heavy atom. The van der Waals surface area contributed by atoms with Crippen molar-refractivity contribution in [2.45, 2.75) is 181 Å². The summed E-state index contributed by atoms with van der Waals surface area (Å²) in [5.74, 6) is 0.858. The van der Waals surface area contributed by atoms with Crippen molar-refractivity contribution in [3.63, 3.8) is 0 Å². The van der Waals surface area contributed by atoms with Crippen LogP contribution in [0, 0.1) is 5.92 Å². The number of aromatic nitrogens is 1. The fraction of sp³-hybridized carbons (Fsp3) is 0.706. The molecule has 332 valence electrons. The normalized spacial score (nSPS) is 12.6. The summed E-state index contributed by atoms with van der Waals surface area (Å²) < 4.78 is 4.77. The molecule has 5 nitrogen and oxygen atoms in total. The maximum atomic E-state index is 4.77. The van der Waals surface area contributed by atoms with E-state index in [4.69, 9.17) is 4.52 Å². The lowest BCUT2D eigenvalue weighted by Crippen LogP contribution is -2.26. The molecule has 0 amide bonds. The average Bonchev–Trinajstić information content (AvgIpc) is 3.93. The lowest BCUT2D eigenvalue weighted by molar-refractivity contribution is 0.256. The molecule has 1 aliphatic rings. The van der Waals surface area contributed by atoms with Gasteiger partial charge in [0.25, 0.3) is 0 Å². The van der Waals surface area contributed by atoms with Crippen LogP contribution >= 0.6 is 0 Å². The van der Waals surface area contributed by atoms with E-state index in [0.29, 0.717) is 0 Å². The van der Waals surface area contributed by atoms with Gasteiger partial charge < -0.3 is 4.52 Å². The van der Waals surface area contributed by atoms with Gasteiger partial charge in [0, 0.05) is 32.2 Å². The molecule has 2 rings (SSSR count). The second-order valence-corrected chi connectivity index (χ2v) is 12.7. The van der Waals surface area contributed by atoms with Crippen LogP contribution < -0.4 is 0 Å². The topological polar surface area (TPSA) is 35.8 Å². The zero-order chi connectivity index (χ0) is 44.3. The van der Waals surface area contributed by atoms with Crippen LogP contribution in [0.15, 0.2) is 90.3 Å². The molecule has 0 N–H and O–H groups in total. The maximum absolute atomic E-state index is 4.77. The Kier molecular flexibility index (Phi) is 69.2. The lowest BCUT2D eigenvalue weighted by atomic mass is 9.99. The molecule has 1 aromatic heterocycles. The van der Waals surface area contributed by atoms with E-state index in [9.17, 15) is 0 Å². The van der Waals surface area contributed by atoms with Gasteiger partial charge in [-0.15, -0.1) is 0 Å². The molecule has 56 heavy (non-hydrogen) atoms. The molecule has 1 aromatic rings. The predicted octanol–water partition coefficient (Wildman–Crippen LogP) is 15.8. The van der Waals surface area contributed by atoms with Crippen LogP contribution in [-0.4, -0.2) is 72.3 Å². The minimum Gasteiger partial charge on any atom is -0.365 e. The van der Waals surface area contributed by atoms with Crippen LogP contribution in [0.4, 0.5) is 0 Å². The Bertz CT molecular complexity index is 947. The summed E-state index contributed by atoms with van der Waals surface area (Å²) in [5, 5.41) is 3.88. The fourth-order valence-corrected chi connectivity index (χ4v) is 5.61. The van der Waals surface area contributed by atoms with Gasteiger partial charge in [0.05, 0.1) is 12.4 Å². The minimum atomic E-state index is 0.858. The van der Waals surface area contributed by atoms with Gasteiger partial charge in [-0.2, -0.15) is 0 Å². The van der Waals surface area contributed by atoms with E-state index in [2.05, 4.69) is 105 Å². The predicted molar refractivity (Wildman–Crippen MR) is 261 cm³/mol. The van der Waals surface area contributed by atoms with Crippen molar-refractivity contribution in [3.05, 3.63) is 91.4 Å². The first-order valence-corrected chi connectivity index (χ1v) is 23.3. The van der Waals surface area contributed by atoms with Crippen molar-refractivity contribution in [2.75, 3.05) is 52.5 Å². The van der Waals surface area contributed by atoms with E-state index in [1.165, 1.54) is 95.1 Å². The second kappa shape index (κ2) is 59.2. The van der Waals surface area contributed by atoms with Gasteiger partial charge in [-0.25, -0.2) is 0 Å². The summed E-state index contributed by atoms with van der Waals surface area (Å²) in [7, 11) is 0. The second-order valence-electron chi connectivity index (χ2n) is 12.7. The fourth-order valence-electron chi connectivity index (χ4n) is 5.61. The standard InChI is InChI=1S/C19H32N2.C11H19NO.C11H21N.5C2H6/c1-4-6-10-14-20-16-17-21(18-20)15-11-8-7-9-13-19(3)12-5-2;1-3-5-10(2)6-4-7-11-8-9-13-12-11;1-5-8-11(4)10-12(7-3)9-6-2;5*1-2/h4-6,10,12H,1,3,7-9,11,13-18H2,2H3;8-10H,3-7H2,1-2H3;5,8H,1,6-7,9-10H2,2-4H3;5*1-2H3/b10-6-,12-5-;;11-8-;;;;;. The highest BCUT2D eigenvalue weighted by atomic mass is 16.5. The van der Waals surface area contributed by atoms with Crippen molar-refractivity contribution >= 4 is 0 Å². The van der Waals surface area contributed by atoms with Gasteiger partial charge in [-0.1, -0.05) is 208 Å². The van der Waals surface area contributed by atoms with Crippen molar-refractivity contribution < 1.29 is 4.52 Å². The smallest absolute Gasteiger partial charge is 0.124 e. The first-order chi connectivity index (χ1) is 27.3. The van der Waals surface area contributed by atoms with Crippen LogP contribution in [0.2, 0.25) is 0 Å². The summed E-state index contributed by atoms with van der Waals surface area (Å²) in [6, 6.07) is 1.95. The Morgan fingerprint density at radius 2 is 1.48 bits per heavy atom. The molecule has 1 unspecified atom stereocenters. The molecular formula is C51H102N4O. The van der Waals surface area contributed by atoms with Crippen molar-refractivity contribution in [1.29, 1.82) is 0 Å². The number of likely N-dealkylation sites (N-methyl/N-ethyl adjacent to an activating group) is 1. The number of hydrogen-bond acceptors (Lipinski definition) is 5. The third kappa shape index (κ3) is 49.5. The Balaban J connectivity index is -0.000000156. The molecule has 1 fully saturated rings. The van der Waals surface area contributed by atoms with Gasteiger partial charge in [0.15, 0.2) is 0 Å². The number of hydrogen-bond donors (Lipinski definition) is 0. The molecule has 1 aliphatic heterocycles. The zero-order valence-electron chi connectivity index (χ0n) is 41.0. The van der Waals surface area contributed by atoms with Crippen molar-refractivity contribution in [1.82, 2.24) is 19.9 Å². The summed E-state index contributed by atoms with van der Waals surface area (Å²) >= 11 is 0. The van der Waals surface area contributed by atoms with E-state index in [0.717, 1.165) is 50.8 Å². The lowest BCUT2D eigenvalue weighted by Gasteiger charge is -2.19. The number of rotatable bonds is 23. The van der Waals surface area contributed by atoms with Crippen LogP contribution in [-0.2, 0) is 6.42 Å². The van der Waals surface area contributed by atoms with Crippen LogP contribution in [0.25, 0.3) is 0 Å². The van der Waals surface area contributed by atoms with Gasteiger partial charge in [0.1, 0.15) is 6.26 Å². The van der Waals surface area contributed by atoms with E-state index >= 15 is 0 Å². The highest BCUT2D eigenvalue weighted by Crippen LogP contribution is 2.14. The van der Waals surface area contributed by atoms with Gasteiger partial charge >= 0.3 is 0 Å². The molecule has 1 saturated heterocycles. The van der Waals surface area contributed by atoms with Crippen LogP contribution in [0.1, 0.15) is 181 Å². The van der Waals surface area contributed by atoms with Crippen molar-refractivity contribution in [3.8, 4) is 0 Å². The highest BCUT2D eigenvalue weighted by molar-refractivity contribution is 5.13. The molecule has 5 heteroatoms. The molecule has 0 aromatic carbocycles. The van der Waals surface area contributed by atoms with Gasteiger partial charge in [-0.05, 0) is 77.9 Å². The molecule has 1 atom stereocenters.